The largest absolute Gasteiger partial charge is 0.294 e. The first kappa shape index (κ1) is 19.7. The fourth-order valence-corrected chi connectivity index (χ4v) is 4.73. The van der Waals surface area contributed by atoms with Crippen LogP contribution in [-0.4, -0.2) is 24.0 Å². The normalized spacial score (nSPS) is 15.8. The van der Waals surface area contributed by atoms with Gasteiger partial charge in [-0.3, -0.25) is 9.52 Å². The molecule has 4 rings (SSSR count). The third-order valence-corrected chi connectivity index (χ3v) is 6.59. The van der Waals surface area contributed by atoms with Gasteiger partial charge in [0.2, 0.25) is 0 Å². The van der Waals surface area contributed by atoms with Crippen LogP contribution < -0.4 is 4.72 Å². The number of sulfonamides is 1. The number of nitrogens with one attached hydrogen (secondary N) is 1. The number of benzene rings is 2. The van der Waals surface area contributed by atoms with Crippen molar-refractivity contribution >= 4 is 33.1 Å². The number of hydrogen-bond acceptors (Lipinski definition) is 4. The van der Waals surface area contributed by atoms with Crippen molar-refractivity contribution in [1.82, 2.24) is 9.78 Å². The number of fused-ring (bicyclic) bond motifs is 1. The molecule has 0 spiro atoms. The van der Waals surface area contributed by atoms with E-state index in [0.29, 0.717) is 28.4 Å². The number of Topliss-reactive ketones (excluding diaryl/α,β-unsaturated/α-hetero) is 1. The standard InChI is InChI=1S/C21H20ClN3O3S/c1-21(2)11-19-18(20(26)12-21)13-23-25(19)16-7-9-17(10-8-16)29(27,28)24-15-5-3-14(22)4-6-15/h3-10,13,24H,11-12H2,1-2H3. The zero-order valence-electron chi connectivity index (χ0n) is 16.0. The monoisotopic (exact) mass is 429 g/mol. The van der Waals surface area contributed by atoms with Gasteiger partial charge in [-0.1, -0.05) is 25.4 Å². The highest BCUT2D eigenvalue weighted by Gasteiger charge is 2.34. The minimum atomic E-state index is -3.73. The van der Waals surface area contributed by atoms with Crippen molar-refractivity contribution < 1.29 is 13.2 Å². The molecule has 6 nitrogen and oxygen atoms in total. The van der Waals surface area contributed by atoms with Gasteiger partial charge in [0, 0.05) is 17.1 Å². The number of rotatable bonds is 4. The summed E-state index contributed by atoms with van der Waals surface area (Å²) in [5, 5.41) is 4.90. The average molecular weight is 430 g/mol. The molecule has 1 aliphatic carbocycles. The second kappa shape index (κ2) is 7.00. The van der Waals surface area contributed by atoms with Crippen molar-refractivity contribution in [3.8, 4) is 5.69 Å². The van der Waals surface area contributed by atoms with Crippen LogP contribution in [0.3, 0.4) is 0 Å². The molecule has 0 aliphatic heterocycles. The second-order valence-corrected chi connectivity index (χ2v) is 10.1. The van der Waals surface area contributed by atoms with E-state index in [4.69, 9.17) is 11.6 Å². The molecule has 1 aliphatic rings. The summed E-state index contributed by atoms with van der Waals surface area (Å²) in [6.07, 6.45) is 2.82. The fourth-order valence-electron chi connectivity index (χ4n) is 3.54. The summed E-state index contributed by atoms with van der Waals surface area (Å²) in [6, 6.07) is 12.9. The Kier molecular flexibility index (Phi) is 4.75. The van der Waals surface area contributed by atoms with E-state index in [9.17, 15) is 13.2 Å². The molecule has 0 atom stereocenters. The Morgan fingerprint density at radius 3 is 2.34 bits per heavy atom. The molecule has 1 heterocycles. The van der Waals surface area contributed by atoms with Gasteiger partial charge in [0.1, 0.15) is 0 Å². The van der Waals surface area contributed by atoms with Crippen molar-refractivity contribution in [1.29, 1.82) is 0 Å². The molecular weight excluding hydrogens is 410 g/mol. The Bertz CT molecular complexity index is 1180. The molecular formula is C21H20ClN3O3S. The summed E-state index contributed by atoms with van der Waals surface area (Å²) in [6.45, 7) is 4.12. The lowest BCUT2D eigenvalue weighted by molar-refractivity contribution is 0.0911. The molecule has 0 fully saturated rings. The third kappa shape index (κ3) is 3.93. The SMILES string of the molecule is CC1(C)CC(=O)c2cnn(-c3ccc(S(=O)(=O)Nc4ccc(Cl)cc4)cc3)c2C1. The molecule has 0 unspecified atom stereocenters. The average Bonchev–Trinajstić information content (AvgIpc) is 3.06. The summed E-state index contributed by atoms with van der Waals surface area (Å²) >= 11 is 5.84. The number of nitrogens with zero attached hydrogens (tertiary/aromatic N) is 2. The molecule has 1 N–H and O–H groups in total. The third-order valence-electron chi connectivity index (χ3n) is 4.94. The van der Waals surface area contributed by atoms with E-state index in [2.05, 4.69) is 23.7 Å². The van der Waals surface area contributed by atoms with E-state index in [0.717, 1.165) is 12.1 Å². The van der Waals surface area contributed by atoms with E-state index in [1.165, 1.54) is 12.1 Å². The van der Waals surface area contributed by atoms with Gasteiger partial charge >= 0.3 is 0 Å². The molecule has 0 saturated heterocycles. The van der Waals surface area contributed by atoms with Crippen LogP contribution in [-0.2, 0) is 16.4 Å². The van der Waals surface area contributed by atoms with Gasteiger partial charge in [0.05, 0.1) is 28.0 Å². The summed E-state index contributed by atoms with van der Waals surface area (Å²) in [5.74, 6) is 0.0915. The van der Waals surface area contributed by atoms with Crippen LogP contribution in [0, 0.1) is 5.41 Å². The second-order valence-electron chi connectivity index (χ2n) is 7.96. The predicted octanol–water partition coefficient (Wildman–Crippen LogP) is 4.48. The predicted molar refractivity (Wildman–Crippen MR) is 112 cm³/mol. The Morgan fingerprint density at radius 2 is 1.69 bits per heavy atom. The zero-order valence-corrected chi connectivity index (χ0v) is 17.6. The highest BCUT2D eigenvalue weighted by atomic mass is 35.5. The van der Waals surface area contributed by atoms with Gasteiger partial charge < -0.3 is 0 Å². The first-order chi connectivity index (χ1) is 13.6. The molecule has 0 amide bonds. The van der Waals surface area contributed by atoms with Gasteiger partial charge in [0.25, 0.3) is 10.0 Å². The minimum absolute atomic E-state index is 0.0915. The summed E-state index contributed by atoms with van der Waals surface area (Å²) in [5.41, 5.74) is 2.52. The smallest absolute Gasteiger partial charge is 0.261 e. The van der Waals surface area contributed by atoms with Crippen LogP contribution in [0.2, 0.25) is 5.02 Å². The molecule has 29 heavy (non-hydrogen) atoms. The maximum Gasteiger partial charge on any atom is 0.261 e. The number of carbonyl (C=O) groups excluding carboxylic acids is 1. The fraction of sp³-hybridized carbons (Fsp3) is 0.238. The minimum Gasteiger partial charge on any atom is -0.294 e. The van der Waals surface area contributed by atoms with E-state index < -0.39 is 10.0 Å². The van der Waals surface area contributed by atoms with Crippen LogP contribution in [0.15, 0.2) is 59.6 Å². The van der Waals surface area contributed by atoms with Crippen molar-refractivity contribution in [3.05, 3.63) is 71.0 Å². The lowest BCUT2D eigenvalue weighted by atomic mass is 9.76. The first-order valence-corrected chi connectivity index (χ1v) is 11.0. The highest BCUT2D eigenvalue weighted by Crippen LogP contribution is 2.35. The Hall–Kier alpha value is -2.64. The van der Waals surface area contributed by atoms with Crippen molar-refractivity contribution in [2.75, 3.05) is 4.72 Å². The lowest BCUT2D eigenvalue weighted by Crippen LogP contribution is -2.27. The van der Waals surface area contributed by atoms with E-state index in [1.807, 2.05) is 0 Å². The Morgan fingerprint density at radius 1 is 1.03 bits per heavy atom. The van der Waals surface area contributed by atoms with Gasteiger partial charge in [-0.15, -0.1) is 0 Å². The maximum absolute atomic E-state index is 12.6. The summed E-state index contributed by atoms with van der Waals surface area (Å²) in [4.78, 5) is 12.5. The quantitative estimate of drug-likeness (QED) is 0.662. The topological polar surface area (TPSA) is 81.1 Å². The molecule has 2 aromatic carbocycles. The van der Waals surface area contributed by atoms with E-state index in [1.54, 1.807) is 47.3 Å². The highest BCUT2D eigenvalue weighted by molar-refractivity contribution is 7.92. The Balaban J connectivity index is 1.62. The zero-order chi connectivity index (χ0) is 20.8. The van der Waals surface area contributed by atoms with Crippen LogP contribution in [0.5, 0.6) is 0 Å². The number of carbonyl (C=O) groups is 1. The molecule has 8 heteroatoms. The van der Waals surface area contributed by atoms with Crippen molar-refractivity contribution in [2.24, 2.45) is 5.41 Å². The molecule has 150 valence electrons. The number of halogens is 1. The van der Waals surface area contributed by atoms with Crippen LogP contribution >= 0.6 is 11.6 Å². The summed E-state index contributed by atoms with van der Waals surface area (Å²) < 4.78 is 29.5. The lowest BCUT2D eigenvalue weighted by Gasteiger charge is -2.28. The van der Waals surface area contributed by atoms with Gasteiger partial charge in [-0.2, -0.15) is 5.10 Å². The number of anilines is 1. The van der Waals surface area contributed by atoms with E-state index in [-0.39, 0.29) is 16.1 Å². The van der Waals surface area contributed by atoms with Crippen LogP contribution in [0.4, 0.5) is 5.69 Å². The van der Waals surface area contributed by atoms with Crippen LogP contribution in [0.1, 0.15) is 36.3 Å². The number of hydrogen-bond donors (Lipinski definition) is 1. The molecule has 0 radical (unpaired) electrons. The van der Waals surface area contributed by atoms with Crippen LogP contribution in [0.25, 0.3) is 5.69 Å². The van der Waals surface area contributed by atoms with E-state index >= 15 is 0 Å². The van der Waals surface area contributed by atoms with Gasteiger partial charge in [-0.25, -0.2) is 13.1 Å². The first-order valence-electron chi connectivity index (χ1n) is 9.14. The molecule has 3 aromatic rings. The molecule has 1 aromatic heterocycles. The van der Waals surface area contributed by atoms with Gasteiger partial charge in [-0.05, 0) is 60.4 Å². The number of aromatic nitrogens is 2. The number of ketones is 1. The Labute approximate surface area is 174 Å². The van der Waals surface area contributed by atoms with Crippen molar-refractivity contribution in [2.45, 2.75) is 31.6 Å². The summed E-state index contributed by atoms with van der Waals surface area (Å²) in [7, 11) is -3.73. The molecule has 0 saturated carbocycles. The maximum atomic E-state index is 12.6. The van der Waals surface area contributed by atoms with Gasteiger partial charge in [0.15, 0.2) is 5.78 Å². The van der Waals surface area contributed by atoms with Crippen molar-refractivity contribution in [3.63, 3.8) is 0 Å². The molecule has 0 bridgehead atoms.